The molecular formula is C15H17N3O3. The van der Waals surface area contributed by atoms with Gasteiger partial charge in [0.1, 0.15) is 5.69 Å². The average Bonchev–Trinajstić information content (AvgIpc) is 2.53. The predicted octanol–water partition coefficient (Wildman–Crippen LogP) is 0.266. The summed E-state index contributed by atoms with van der Waals surface area (Å²) in [5.74, 6) is -0.390. The molecule has 6 nitrogen and oxygen atoms in total. The van der Waals surface area contributed by atoms with Crippen molar-refractivity contribution < 1.29 is 14.3 Å². The van der Waals surface area contributed by atoms with E-state index in [0.717, 1.165) is 32.8 Å². The van der Waals surface area contributed by atoms with Crippen LogP contribution in [-0.4, -0.2) is 60.8 Å². The van der Waals surface area contributed by atoms with E-state index in [0.29, 0.717) is 17.8 Å². The van der Waals surface area contributed by atoms with Gasteiger partial charge in [0.2, 0.25) is 11.6 Å². The number of hydrogen-bond acceptors (Lipinski definition) is 6. The molecule has 6 heteroatoms. The predicted molar refractivity (Wildman–Crippen MR) is 76.2 cm³/mol. The molecule has 1 N–H and O–H groups in total. The number of ketones is 2. The Balaban J connectivity index is 1.61. The van der Waals surface area contributed by atoms with E-state index in [9.17, 15) is 9.59 Å². The van der Waals surface area contributed by atoms with Gasteiger partial charge in [0.15, 0.2) is 0 Å². The van der Waals surface area contributed by atoms with Crippen LogP contribution in [0, 0.1) is 0 Å². The molecule has 1 fully saturated rings. The second kappa shape index (κ2) is 6.15. The van der Waals surface area contributed by atoms with E-state index in [2.05, 4.69) is 15.2 Å². The molecule has 1 saturated heterocycles. The number of Topliss-reactive ketones (excluding diaryl/α,β-unsaturated/α-hetero) is 1. The van der Waals surface area contributed by atoms with E-state index >= 15 is 0 Å². The van der Waals surface area contributed by atoms with Gasteiger partial charge in [0, 0.05) is 38.5 Å². The van der Waals surface area contributed by atoms with E-state index in [1.165, 1.54) is 12.3 Å². The normalized spacial score (nSPS) is 19.1. The second-order valence-electron chi connectivity index (χ2n) is 5.03. The molecule has 0 aromatic carbocycles. The highest BCUT2D eigenvalue weighted by Crippen LogP contribution is 2.17. The smallest absolute Gasteiger partial charge is 0.211 e. The maximum absolute atomic E-state index is 12.3. The van der Waals surface area contributed by atoms with Crippen molar-refractivity contribution in [3.05, 3.63) is 41.4 Å². The molecule has 1 aromatic rings. The Morgan fingerprint density at radius 3 is 2.90 bits per heavy atom. The van der Waals surface area contributed by atoms with Crippen LogP contribution < -0.4 is 5.32 Å². The summed E-state index contributed by atoms with van der Waals surface area (Å²) in [5, 5.41) is 3.07. The van der Waals surface area contributed by atoms with Gasteiger partial charge in [-0.15, -0.1) is 0 Å². The highest BCUT2D eigenvalue weighted by Gasteiger charge is 2.26. The van der Waals surface area contributed by atoms with Gasteiger partial charge in [-0.2, -0.15) is 0 Å². The molecule has 0 spiro atoms. The number of carbonyl (C=O) groups excluding carboxylic acids is 2. The molecule has 0 atom stereocenters. The van der Waals surface area contributed by atoms with Gasteiger partial charge >= 0.3 is 0 Å². The number of nitrogens with zero attached hydrogens (tertiary/aromatic N) is 2. The van der Waals surface area contributed by atoms with Crippen molar-refractivity contribution >= 4 is 11.6 Å². The van der Waals surface area contributed by atoms with Crippen molar-refractivity contribution in [2.24, 2.45) is 0 Å². The molecule has 21 heavy (non-hydrogen) atoms. The Labute approximate surface area is 122 Å². The third kappa shape index (κ3) is 3.01. The van der Waals surface area contributed by atoms with Gasteiger partial charge in [-0.05, 0) is 12.1 Å². The summed E-state index contributed by atoms with van der Waals surface area (Å²) in [5.41, 5.74) is 0.967. The monoisotopic (exact) mass is 287 g/mol. The lowest BCUT2D eigenvalue weighted by atomic mass is 9.97. The number of fused-ring (bicyclic) bond motifs is 1. The largest absolute Gasteiger partial charge is 0.380 e. The first-order chi connectivity index (χ1) is 10.3. The quantitative estimate of drug-likeness (QED) is 0.857. The minimum absolute atomic E-state index is 0.167. The number of hydrogen-bond donors (Lipinski definition) is 1. The standard InChI is InChI=1S/C15H17N3O3/c19-13-10-12(15(20)11-2-1-3-17-14(11)13)16-4-5-18-6-8-21-9-7-18/h1-3,10,16H,4-9H2. The molecule has 3 rings (SSSR count). The van der Waals surface area contributed by atoms with E-state index < -0.39 is 0 Å². The second-order valence-corrected chi connectivity index (χ2v) is 5.03. The van der Waals surface area contributed by atoms with E-state index in [1.54, 1.807) is 12.1 Å². The Kier molecular flexibility index (Phi) is 4.08. The summed E-state index contributed by atoms with van der Waals surface area (Å²) in [6, 6.07) is 3.31. The number of aromatic nitrogens is 1. The zero-order valence-electron chi connectivity index (χ0n) is 11.7. The summed E-state index contributed by atoms with van der Waals surface area (Å²) < 4.78 is 5.29. The van der Waals surface area contributed by atoms with Gasteiger partial charge in [-0.25, -0.2) is 0 Å². The van der Waals surface area contributed by atoms with Crippen LogP contribution in [0.25, 0.3) is 0 Å². The lowest BCUT2D eigenvalue weighted by molar-refractivity contribution is 0.0386. The lowest BCUT2D eigenvalue weighted by Gasteiger charge is -2.27. The number of morpholine rings is 1. The molecule has 2 aliphatic rings. The maximum atomic E-state index is 12.3. The highest BCUT2D eigenvalue weighted by molar-refractivity contribution is 6.23. The SMILES string of the molecule is O=C1C(NCCN2CCOCC2)=CC(=O)c2ncccc21. The summed E-state index contributed by atoms with van der Waals surface area (Å²) in [6.45, 7) is 4.75. The molecule has 110 valence electrons. The minimum Gasteiger partial charge on any atom is -0.380 e. The van der Waals surface area contributed by atoms with Crippen LogP contribution in [0.4, 0.5) is 0 Å². The van der Waals surface area contributed by atoms with Crippen molar-refractivity contribution in [1.29, 1.82) is 0 Å². The molecule has 1 aromatic heterocycles. The molecule has 0 radical (unpaired) electrons. The van der Waals surface area contributed by atoms with Crippen LogP contribution >= 0.6 is 0 Å². The lowest BCUT2D eigenvalue weighted by Crippen LogP contribution is -2.41. The van der Waals surface area contributed by atoms with Crippen molar-refractivity contribution in [2.45, 2.75) is 0 Å². The van der Waals surface area contributed by atoms with Crippen LogP contribution in [0.1, 0.15) is 20.8 Å². The number of rotatable bonds is 4. The fraction of sp³-hybridized carbons (Fsp3) is 0.400. The fourth-order valence-electron chi connectivity index (χ4n) is 2.50. The van der Waals surface area contributed by atoms with Gasteiger partial charge in [-0.1, -0.05) is 0 Å². The van der Waals surface area contributed by atoms with Gasteiger partial charge in [-0.3, -0.25) is 19.5 Å². The van der Waals surface area contributed by atoms with Crippen LogP contribution in [0.3, 0.4) is 0 Å². The molecule has 1 aliphatic carbocycles. The molecule has 2 heterocycles. The Bertz CT molecular complexity index is 592. The van der Waals surface area contributed by atoms with E-state index in [-0.39, 0.29) is 17.3 Å². The number of allylic oxidation sites excluding steroid dienone is 2. The highest BCUT2D eigenvalue weighted by atomic mass is 16.5. The van der Waals surface area contributed by atoms with Crippen molar-refractivity contribution in [3.8, 4) is 0 Å². The van der Waals surface area contributed by atoms with Crippen molar-refractivity contribution in [2.75, 3.05) is 39.4 Å². The molecule has 1 aliphatic heterocycles. The zero-order chi connectivity index (χ0) is 14.7. The van der Waals surface area contributed by atoms with Crippen LogP contribution in [0.5, 0.6) is 0 Å². The van der Waals surface area contributed by atoms with Gasteiger partial charge in [0.05, 0.1) is 24.5 Å². The minimum atomic E-state index is -0.223. The Morgan fingerprint density at radius 2 is 2.10 bits per heavy atom. The summed E-state index contributed by atoms with van der Waals surface area (Å²) >= 11 is 0. The Hall–Kier alpha value is -2.05. The Morgan fingerprint density at radius 1 is 1.29 bits per heavy atom. The molecule has 0 saturated carbocycles. The first kappa shape index (κ1) is 13.9. The first-order valence-corrected chi connectivity index (χ1v) is 7.05. The van der Waals surface area contributed by atoms with Gasteiger partial charge < -0.3 is 10.1 Å². The molecule has 0 unspecified atom stereocenters. The number of pyridine rings is 1. The van der Waals surface area contributed by atoms with Crippen molar-refractivity contribution in [3.63, 3.8) is 0 Å². The number of nitrogens with one attached hydrogen (secondary N) is 1. The van der Waals surface area contributed by atoms with Crippen LogP contribution in [0.15, 0.2) is 30.1 Å². The number of carbonyl (C=O) groups is 2. The van der Waals surface area contributed by atoms with Crippen molar-refractivity contribution in [1.82, 2.24) is 15.2 Å². The third-order valence-corrected chi connectivity index (χ3v) is 3.65. The summed E-state index contributed by atoms with van der Waals surface area (Å²) in [7, 11) is 0. The van der Waals surface area contributed by atoms with E-state index in [4.69, 9.17) is 4.74 Å². The van der Waals surface area contributed by atoms with Crippen LogP contribution in [-0.2, 0) is 4.74 Å². The van der Waals surface area contributed by atoms with Gasteiger partial charge in [0.25, 0.3) is 0 Å². The first-order valence-electron chi connectivity index (χ1n) is 7.05. The molecule has 0 amide bonds. The molecular weight excluding hydrogens is 270 g/mol. The van der Waals surface area contributed by atoms with Crippen LogP contribution in [0.2, 0.25) is 0 Å². The topological polar surface area (TPSA) is 71.5 Å². The number of ether oxygens (including phenoxy) is 1. The molecule has 0 bridgehead atoms. The average molecular weight is 287 g/mol. The maximum Gasteiger partial charge on any atom is 0.211 e. The van der Waals surface area contributed by atoms with E-state index in [1.807, 2.05) is 0 Å². The fourth-order valence-corrected chi connectivity index (χ4v) is 2.50. The summed E-state index contributed by atoms with van der Waals surface area (Å²) in [4.78, 5) is 30.5. The zero-order valence-corrected chi connectivity index (χ0v) is 11.7. The summed E-state index contributed by atoms with van der Waals surface area (Å²) in [6.07, 6.45) is 2.87. The third-order valence-electron chi connectivity index (χ3n) is 3.65.